The molecule has 10 heteroatoms. The second-order valence-electron chi connectivity index (χ2n) is 6.37. The molecule has 0 saturated carbocycles. The topological polar surface area (TPSA) is 102 Å². The average molecular weight is 374 g/mol. The summed E-state index contributed by atoms with van der Waals surface area (Å²) in [5, 5.41) is 14.0. The van der Waals surface area contributed by atoms with Crippen molar-refractivity contribution in [2.45, 2.75) is 32.0 Å². The summed E-state index contributed by atoms with van der Waals surface area (Å²) in [7, 11) is 0. The van der Waals surface area contributed by atoms with Crippen LogP contribution < -0.4 is 16.0 Å². The number of amides is 1. The Bertz CT molecular complexity index is 673. The smallest absolute Gasteiger partial charge is 0.366 e. The number of benzene rings is 1. The Morgan fingerprint density at radius 3 is 2.54 bits per heavy atom. The fraction of sp³-hybridized carbons (Fsp3) is 0.562. The van der Waals surface area contributed by atoms with E-state index in [9.17, 15) is 28.1 Å². The molecule has 0 bridgehead atoms. The monoisotopic (exact) mass is 374 g/mol. The molecule has 0 spiro atoms. The second-order valence-corrected chi connectivity index (χ2v) is 6.37. The van der Waals surface area contributed by atoms with Gasteiger partial charge in [0.25, 0.3) is 5.69 Å². The molecule has 0 unspecified atom stereocenters. The Morgan fingerprint density at radius 2 is 2.04 bits per heavy atom. The van der Waals surface area contributed by atoms with Gasteiger partial charge < -0.3 is 16.0 Å². The van der Waals surface area contributed by atoms with Crippen LogP contribution >= 0.6 is 0 Å². The minimum Gasteiger partial charge on any atom is -0.366 e. The lowest BCUT2D eigenvalue weighted by atomic mass is 9.95. The normalized spacial score (nSPS) is 17.0. The zero-order chi connectivity index (χ0) is 19.5. The van der Waals surface area contributed by atoms with Crippen LogP contribution in [0.4, 0.5) is 24.5 Å². The van der Waals surface area contributed by atoms with Gasteiger partial charge in [0.2, 0.25) is 5.91 Å². The highest BCUT2D eigenvalue weighted by molar-refractivity contribution is 5.79. The summed E-state index contributed by atoms with van der Waals surface area (Å²) in [4.78, 5) is 24.2. The van der Waals surface area contributed by atoms with Crippen molar-refractivity contribution in [3.63, 3.8) is 0 Å². The maximum atomic E-state index is 12.8. The number of piperidine rings is 1. The molecule has 1 aromatic rings. The number of hydrogen-bond donors (Lipinski definition) is 2. The van der Waals surface area contributed by atoms with E-state index >= 15 is 0 Å². The van der Waals surface area contributed by atoms with E-state index in [1.165, 1.54) is 0 Å². The van der Waals surface area contributed by atoms with E-state index in [1.807, 2.05) is 0 Å². The van der Waals surface area contributed by atoms with Gasteiger partial charge >= 0.3 is 6.18 Å². The van der Waals surface area contributed by atoms with Gasteiger partial charge in [-0.2, -0.15) is 13.2 Å². The Kier molecular flexibility index (Phi) is 6.06. The molecule has 7 nitrogen and oxygen atoms in total. The molecule has 0 aromatic heterocycles. The SMILES string of the molecule is C[C@@H](CN)NC(=O)C1CCN(c2ccc(C(F)(F)F)cc2[N+](=O)[O-])CC1. The average Bonchev–Trinajstić information content (AvgIpc) is 2.60. The molecule has 1 atom stereocenters. The van der Waals surface area contributed by atoms with Crippen LogP contribution in [-0.2, 0) is 11.0 Å². The van der Waals surface area contributed by atoms with Gasteiger partial charge in [-0.05, 0) is 31.9 Å². The molecule has 0 radical (unpaired) electrons. The van der Waals surface area contributed by atoms with Crippen LogP contribution in [0.5, 0.6) is 0 Å². The molecule has 1 aromatic carbocycles. The third-order valence-corrected chi connectivity index (χ3v) is 4.45. The maximum absolute atomic E-state index is 12.8. The van der Waals surface area contributed by atoms with Crippen LogP contribution in [0, 0.1) is 16.0 Å². The molecule has 1 heterocycles. The minimum absolute atomic E-state index is 0.121. The summed E-state index contributed by atoms with van der Waals surface area (Å²) in [6.45, 7) is 2.81. The lowest BCUT2D eigenvalue weighted by molar-refractivity contribution is -0.384. The molecule has 1 fully saturated rings. The number of nitrogens with two attached hydrogens (primary N) is 1. The predicted molar refractivity (Wildman–Crippen MR) is 89.7 cm³/mol. The van der Waals surface area contributed by atoms with E-state index in [0.29, 0.717) is 38.5 Å². The first-order valence-corrected chi connectivity index (χ1v) is 8.24. The van der Waals surface area contributed by atoms with E-state index in [0.717, 1.165) is 12.1 Å². The molecule has 0 aliphatic carbocycles. The number of hydrogen-bond acceptors (Lipinski definition) is 5. The molecule has 26 heavy (non-hydrogen) atoms. The Labute approximate surface area is 148 Å². The van der Waals surface area contributed by atoms with E-state index in [4.69, 9.17) is 5.73 Å². The first-order chi connectivity index (χ1) is 12.1. The van der Waals surface area contributed by atoms with Crippen molar-refractivity contribution in [1.29, 1.82) is 0 Å². The summed E-state index contributed by atoms with van der Waals surface area (Å²) >= 11 is 0. The number of nitro groups is 1. The van der Waals surface area contributed by atoms with Crippen molar-refractivity contribution in [2.24, 2.45) is 11.7 Å². The van der Waals surface area contributed by atoms with Gasteiger partial charge in [-0.1, -0.05) is 0 Å². The van der Waals surface area contributed by atoms with Crippen molar-refractivity contribution >= 4 is 17.3 Å². The number of nitrogens with one attached hydrogen (secondary N) is 1. The first-order valence-electron chi connectivity index (χ1n) is 8.24. The molecule has 2 rings (SSSR count). The number of halogens is 3. The number of rotatable bonds is 5. The van der Waals surface area contributed by atoms with E-state index in [1.54, 1.807) is 11.8 Å². The number of anilines is 1. The van der Waals surface area contributed by atoms with Crippen LogP contribution in [-0.4, -0.2) is 36.5 Å². The van der Waals surface area contributed by atoms with Gasteiger partial charge in [0, 0.05) is 37.7 Å². The standard InChI is InChI=1S/C16H21F3N4O3/c1-10(9-20)21-15(24)11-4-6-22(7-5-11)13-3-2-12(16(17,18)19)8-14(13)23(25)26/h2-3,8,10-11H,4-7,9,20H2,1H3,(H,21,24)/t10-/m0/s1. The fourth-order valence-corrected chi connectivity index (χ4v) is 2.92. The number of carbonyl (C=O) groups excluding carboxylic acids is 1. The van der Waals surface area contributed by atoms with Crippen LogP contribution in [0.2, 0.25) is 0 Å². The van der Waals surface area contributed by atoms with Crippen molar-refractivity contribution in [3.05, 3.63) is 33.9 Å². The van der Waals surface area contributed by atoms with Gasteiger partial charge in [0.1, 0.15) is 5.69 Å². The Hall–Kier alpha value is -2.36. The van der Waals surface area contributed by atoms with E-state index in [2.05, 4.69) is 5.32 Å². The first kappa shape index (κ1) is 20.0. The minimum atomic E-state index is -4.64. The van der Waals surface area contributed by atoms with Gasteiger partial charge in [-0.3, -0.25) is 14.9 Å². The highest BCUT2D eigenvalue weighted by Gasteiger charge is 2.35. The summed E-state index contributed by atoms with van der Waals surface area (Å²) in [5.41, 5.74) is 3.96. The van der Waals surface area contributed by atoms with Crippen molar-refractivity contribution in [2.75, 3.05) is 24.5 Å². The van der Waals surface area contributed by atoms with Crippen molar-refractivity contribution in [3.8, 4) is 0 Å². The van der Waals surface area contributed by atoms with Gasteiger partial charge in [-0.25, -0.2) is 0 Å². The Morgan fingerprint density at radius 1 is 1.42 bits per heavy atom. The van der Waals surface area contributed by atoms with Crippen LogP contribution in [0.1, 0.15) is 25.3 Å². The maximum Gasteiger partial charge on any atom is 0.416 e. The van der Waals surface area contributed by atoms with Gasteiger partial charge in [0.15, 0.2) is 0 Å². The van der Waals surface area contributed by atoms with Gasteiger partial charge in [-0.15, -0.1) is 0 Å². The second kappa shape index (κ2) is 7.90. The fourth-order valence-electron chi connectivity index (χ4n) is 2.92. The highest BCUT2D eigenvalue weighted by atomic mass is 19.4. The molecule has 1 aliphatic rings. The third-order valence-electron chi connectivity index (χ3n) is 4.45. The molecule has 1 aliphatic heterocycles. The number of nitrogens with zero attached hydrogens (tertiary/aromatic N) is 2. The van der Waals surface area contributed by atoms with Crippen molar-refractivity contribution < 1.29 is 22.9 Å². The van der Waals surface area contributed by atoms with Crippen LogP contribution in [0.3, 0.4) is 0 Å². The van der Waals surface area contributed by atoms with E-state index in [-0.39, 0.29) is 23.6 Å². The van der Waals surface area contributed by atoms with E-state index < -0.39 is 22.4 Å². The molecule has 1 amide bonds. The molecular weight excluding hydrogens is 353 g/mol. The number of alkyl halides is 3. The van der Waals surface area contributed by atoms with Crippen molar-refractivity contribution in [1.82, 2.24) is 5.32 Å². The lowest BCUT2D eigenvalue weighted by Crippen LogP contribution is -2.45. The van der Waals surface area contributed by atoms with Crippen LogP contribution in [0.25, 0.3) is 0 Å². The molecular formula is C16H21F3N4O3. The molecule has 1 saturated heterocycles. The summed E-state index contributed by atoms with van der Waals surface area (Å²) < 4.78 is 38.4. The van der Waals surface area contributed by atoms with Crippen LogP contribution in [0.15, 0.2) is 18.2 Å². The summed E-state index contributed by atoms with van der Waals surface area (Å²) in [5.74, 6) is -0.363. The number of nitro benzene ring substituents is 1. The zero-order valence-corrected chi connectivity index (χ0v) is 14.3. The van der Waals surface area contributed by atoms with Gasteiger partial charge in [0.05, 0.1) is 10.5 Å². The Balaban J connectivity index is 2.11. The predicted octanol–water partition coefficient (Wildman–Crippen LogP) is 2.29. The largest absolute Gasteiger partial charge is 0.416 e. The number of carbonyl (C=O) groups is 1. The quantitative estimate of drug-likeness (QED) is 0.608. The lowest BCUT2D eigenvalue weighted by Gasteiger charge is -2.33. The zero-order valence-electron chi connectivity index (χ0n) is 14.3. The molecule has 3 N–H and O–H groups in total. The summed E-state index contributed by atoms with van der Waals surface area (Å²) in [6, 6.07) is 2.37. The summed E-state index contributed by atoms with van der Waals surface area (Å²) in [6.07, 6.45) is -3.73. The highest BCUT2D eigenvalue weighted by Crippen LogP contribution is 2.37. The molecule has 144 valence electrons. The third kappa shape index (κ3) is 4.63.